The summed E-state index contributed by atoms with van der Waals surface area (Å²) in [5.41, 5.74) is 1.58. The largest absolute Gasteiger partial charge is 0.473 e. The first kappa shape index (κ1) is 16.4. The zero-order valence-corrected chi connectivity index (χ0v) is 15.3. The number of aromatic nitrogens is 3. The second kappa shape index (κ2) is 6.37. The molecule has 2 saturated heterocycles. The first-order valence-electron chi connectivity index (χ1n) is 8.64. The summed E-state index contributed by atoms with van der Waals surface area (Å²) in [5, 5.41) is 4.38. The number of rotatable bonds is 4. The smallest absolute Gasteiger partial charge is 0.272 e. The number of hydrogen-bond donors (Lipinski definition) is 0. The third kappa shape index (κ3) is 3.13. The molecule has 4 heterocycles. The number of carbonyl (C=O) groups excluding carboxylic acids is 1. The van der Waals surface area contributed by atoms with Crippen molar-refractivity contribution in [2.45, 2.75) is 37.7 Å². The van der Waals surface area contributed by atoms with Gasteiger partial charge in [0.15, 0.2) is 0 Å². The minimum absolute atomic E-state index is 0.0859. The number of nitrogens with zero attached hydrogens (tertiary/aromatic N) is 4. The second-order valence-electron chi connectivity index (χ2n) is 6.75. The van der Waals surface area contributed by atoms with E-state index in [4.69, 9.17) is 4.74 Å². The summed E-state index contributed by atoms with van der Waals surface area (Å²) in [5.74, 6) is 1.72. The number of thioether (sulfide) groups is 1. The maximum absolute atomic E-state index is 12.7. The van der Waals surface area contributed by atoms with Gasteiger partial charge in [-0.25, -0.2) is 4.98 Å². The highest BCUT2D eigenvalue weighted by atomic mass is 32.2. The molecule has 2 aliphatic rings. The SMILES string of the molecule is CCn1nc(C)cc1C(=O)N1CC2(C[C@H](Oc3ccccn3)CS2)C1. The fourth-order valence-electron chi connectivity index (χ4n) is 3.60. The summed E-state index contributed by atoms with van der Waals surface area (Å²) in [6, 6.07) is 7.59. The minimum atomic E-state index is 0.0859. The number of aryl methyl sites for hydroxylation is 2. The van der Waals surface area contributed by atoms with Crippen LogP contribution in [-0.4, -0.2) is 55.3 Å². The van der Waals surface area contributed by atoms with E-state index in [1.165, 1.54) is 0 Å². The summed E-state index contributed by atoms with van der Waals surface area (Å²) in [7, 11) is 0. The number of likely N-dealkylation sites (tertiary alicyclic amines) is 1. The van der Waals surface area contributed by atoms with Gasteiger partial charge in [0.2, 0.25) is 5.88 Å². The van der Waals surface area contributed by atoms with Crippen LogP contribution in [0, 0.1) is 6.92 Å². The van der Waals surface area contributed by atoms with Crippen molar-refractivity contribution in [2.75, 3.05) is 18.8 Å². The number of ether oxygens (including phenoxy) is 1. The highest BCUT2D eigenvalue weighted by molar-refractivity contribution is 8.01. The van der Waals surface area contributed by atoms with Gasteiger partial charge in [0.05, 0.1) is 10.4 Å². The molecule has 2 aromatic rings. The van der Waals surface area contributed by atoms with Crippen LogP contribution < -0.4 is 4.74 Å². The molecule has 1 amide bonds. The lowest BCUT2D eigenvalue weighted by molar-refractivity contribution is 0.0504. The Hall–Kier alpha value is -2.02. The van der Waals surface area contributed by atoms with Crippen molar-refractivity contribution in [1.82, 2.24) is 19.7 Å². The third-order valence-electron chi connectivity index (χ3n) is 4.77. The highest BCUT2D eigenvalue weighted by Crippen LogP contribution is 2.46. The van der Waals surface area contributed by atoms with Crippen LogP contribution in [0.4, 0.5) is 0 Å². The lowest BCUT2D eigenvalue weighted by Gasteiger charge is -2.47. The van der Waals surface area contributed by atoms with Crippen molar-refractivity contribution in [2.24, 2.45) is 0 Å². The van der Waals surface area contributed by atoms with E-state index in [2.05, 4.69) is 10.1 Å². The van der Waals surface area contributed by atoms with Crippen LogP contribution in [0.25, 0.3) is 0 Å². The van der Waals surface area contributed by atoms with Crippen LogP contribution in [0.15, 0.2) is 30.5 Å². The molecule has 0 N–H and O–H groups in total. The Bertz CT molecular complexity index is 771. The summed E-state index contributed by atoms with van der Waals surface area (Å²) < 4.78 is 7.91. The molecular formula is C18H22N4O2S. The lowest BCUT2D eigenvalue weighted by Crippen LogP contribution is -2.61. The quantitative estimate of drug-likeness (QED) is 0.840. The monoisotopic (exact) mass is 358 g/mol. The molecule has 7 heteroatoms. The summed E-state index contributed by atoms with van der Waals surface area (Å²) in [6.07, 6.45) is 2.88. The van der Waals surface area contributed by atoms with Gasteiger partial charge >= 0.3 is 0 Å². The van der Waals surface area contributed by atoms with E-state index in [9.17, 15) is 4.79 Å². The summed E-state index contributed by atoms with van der Waals surface area (Å²) in [6.45, 7) is 6.21. The van der Waals surface area contributed by atoms with Gasteiger partial charge in [0.1, 0.15) is 11.8 Å². The predicted octanol–water partition coefficient (Wildman–Crippen LogP) is 2.39. The lowest BCUT2D eigenvalue weighted by atomic mass is 9.92. The van der Waals surface area contributed by atoms with Gasteiger partial charge in [0.25, 0.3) is 5.91 Å². The molecule has 1 spiro atoms. The molecule has 25 heavy (non-hydrogen) atoms. The summed E-state index contributed by atoms with van der Waals surface area (Å²) in [4.78, 5) is 18.9. The molecule has 0 aromatic carbocycles. The minimum Gasteiger partial charge on any atom is -0.473 e. The molecule has 0 aliphatic carbocycles. The zero-order valence-electron chi connectivity index (χ0n) is 14.5. The molecule has 2 aliphatic heterocycles. The Morgan fingerprint density at radius 1 is 1.44 bits per heavy atom. The molecule has 132 valence electrons. The van der Waals surface area contributed by atoms with Gasteiger partial charge in [-0.1, -0.05) is 6.07 Å². The highest BCUT2D eigenvalue weighted by Gasteiger charge is 2.51. The molecule has 0 radical (unpaired) electrons. The van der Waals surface area contributed by atoms with Gasteiger partial charge < -0.3 is 9.64 Å². The van der Waals surface area contributed by atoms with E-state index in [0.717, 1.165) is 31.0 Å². The van der Waals surface area contributed by atoms with E-state index in [-0.39, 0.29) is 16.8 Å². The molecule has 4 rings (SSSR count). The van der Waals surface area contributed by atoms with Crippen molar-refractivity contribution in [3.63, 3.8) is 0 Å². The average Bonchev–Trinajstić information content (AvgIpc) is 3.17. The van der Waals surface area contributed by atoms with Crippen molar-refractivity contribution in [3.8, 4) is 5.88 Å². The first-order valence-corrected chi connectivity index (χ1v) is 9.62. The van der Waals surface area contributed by atoms with E-state index in [1.54, 1.807) is 10.9 Å². The van der Waals surface area contributed by atoms with Gasteiger partial charge in [-0.05, 0) is 26.0 Å². The maximum atomic E-state index is 12.7. The Labute approximate surface area is 151 Å². The van der Waals surface area contributed by atoms with Crippen LogP contribution in [0.1, 0.15) is 29.5 Å². The Kier molecular flexibility index (Phi) is 4.19. The molecule has 2 fully saturated rings. The van der Waals surface area contributed by atoms with Crippen LogP contribution in [0.2, 0.25) is 0 Å². The fourth-order valence-corrected chi connectivity index (χ4v) is 5.12. The van der Waals surface area contributed by atoms with Gasteiger partial charge in [-0.3, -0.25) is 9.48 Å². The molecule has 0 unspecified atom stereocenters. The van der Waals surface area contributed by atoms with Crippen molar-refractivity contribution in [1.29, 1.82) is 0 Å². The number of amides is 1. The Balaban J connectivity index is 1.36. The second-order valence-corrected chi connectivity index (χ2v) is 8.24. The van der Waals surface area contributed by atoms with Gasteiger partial charge in [-0.2, -0.15) is 5.10 Å². The maximum Gasteiger partial charge on any atom is 0.272 e. The zero-order chi connectivity index (χ0) is 17.4. The number of pyridine rings is 1. The van der Waals surface area contributed by atoms with Crippen LogP contribution in [0.3, 0.4) is 0 Å². The first-order chi connectivity index (χ1) is 12.1. The molecular weight excluding hydrogens is 336 g/mol. The number of carbonyl (C=O) groups is 1. The summed E-state index contributed by atoms with van der Waals surface area (Å²) >= 11 is 1.92. The molecule has 0 saturated carbocycles. The predicted molar refractivity (Wildman–Crippen MR) is 97.0 cm³/mol. The van der Waals surface area contributed by atoms with Crippen molar-refractivity contribution in [3.05, 3.63) is 41.9 Å². The molecule has 1 atom stereocenters. The van der Waals surface area contributed by atoms with Crippen LogP contribution in [-0.2, 0) is 6.54 Å². The average molecular weight is 358 g/mol. The Morgan fingerprint density at radius 3 is 3.00 bits per heavy atom. The van der Waals surface area contributed by atoms with Crippen molar-refractivity contribution >= 4 is 17.7 Å². The molecule has 0 bridgehead atoms. The van der Waals surface area contributed by atoms with E-state index in [1.807, 2.05) is 54.8 Å². The third-order valence-corrected chi connectivity index (χ3v) is 6.34. The fraction of sp³-hybridized carbons (Fsp3) is 0.500. The van der Waals surface area contributed by atoms with Crippen LogP contribution in [0.5, 0.6) is 5.88 Å². The van der Waals surface area contributed by atoms with Crippen LogP contribution >= 0.6 is 11.8 Å². The normalized spacial score (nSPS) is 21.4. The van der Waals surface area contributed by atoms with Crippen molar-refractivity contribution < 1.29 is 9.53 Å². The van der Waals surface area contributed by atoms with E-state index in [0.29, 0.717) is 18.1 Å². The van der Waals surface area contributed by atoms with Gasteiger partial charge in [-0.15, -0.1) is 11.8 Å². The topological polar surface area (TPSA) is 60.2 Å². The Morgan fingerprint density at radius 2 is 2.28 bits per heavy atom. The molecule has 2 aromatic heterocycles. The molecule has 6 nitrogen and oxygen atoms in total. The van der Waals surface area contributed by atoms with E-state index < -0.39 is 0 Å². The van der Waals surface area contributed by atoms with E-state index >= 15 is 0 Å². The van der Waals surface area contributed by atoms with Gasteiger partial charge in [0, 0.05) is 44.1 Å². The number of hydrogen-bond acceptors (Lipinski definition) is 5. The standard InChI is InChI=1S/C18H22N4O2S/c1-3-22-15(8-13(2)20-22)17(23)21-11-18(12-21)9-14(10-25-18)24-16-6-4-5-7-19-16/h4-8,14H,3,9-12H2,1-2H3/t14-/m0/s1.